The quantitative estimate of drug-likeness (QED) is 0.298. The summed E-state index contributed by atoms with van der Waals surface area (Å²) in [5.41, 5.74) is 2.15. The van der Waals surface area contributed by atoms with Crippen molar-refractivity contribution in [3.8, 4) is 0 Å². The van der Waals surface area contributed by atoms with Crippen molar-refractivity contribution in [2.24, 2.45) is 21.7 Å². The number of carbonyl (C=O) groups excluding carboxylic acids is 1. The van der Waals surface area contributed by atoms with E-state index in [0.717, 1.165) is 11.1 Å². The minimum absolute atomic E-state index is 0.00654. The van der Waals surface area contributed by atoms with E-state index in [2.05, 4.69) is 107 Å². The number of carbonyl (C=O) groups is 1. The number of rotatable bonds is 2. The van der Waals surface area contributed by atoms with Gasteiger partial charge in [-0.1, -0.05) is 0 Å². The molecule has 0 amide bonds. The van der Waals surface area contributed by atoms with Crippen LogP contribution < -0.4 is 0 Å². The average molecular weight is 647 g/mol. The Morgan fingerprint density at radius 2 is 0.816 bits per heavy atom. The van der Waals surface area contributed by atoms with E-state index in [4.69, 9.17) is 0 Å². The molecule has 3 rings (SSSR count). The summed E-state index contributed by atoms with van der Waals surface area (Å²) in [6.07, 6.45) is 12.1. The van der Waals surface area contributed by atoms with Crippen LogP contribution >= 0.6 is 0 Å². The van der Waals surface area contributed by atoms with Gasteiger partial charge in [0.2, 0.25) is 0 Å². The molecule has 3 aliphatic rings. The van der Waals surface area contributed by atoms with Crippen molar-refractivity contribution in [2.45, 2.75) is 83.1 Å². The number of Topliss-reactive ketones (excluding diaryl/α,β-unsaturated/α-hetero) is 1. The molecular formula is C33H44O3Se2. The average Bonchev–Trinajstić information content (AvgIpc) is 2.94. The van der Waals surface area contributed by atoms with Crippen LogP contribution in [0.2, 0.25) is 0 Å². The van der Waals surface area contributed by atoms with Gasteiger partial charge in [-0.15, -0.1) is 0 Å². The molecule has 0 radical (unpaired) electrons. The van der Waals surface area contributed by atoms with E-state index < -0.39 is 11.5 Å². The van der Waals surface area contributed by atoms with Gasteiger partial charge in [-0.3, -0.25) is 0 Å². The Kier molecular flexibility index (Phi) is 8.36. The van der Waals surface area contributed by atoms with Crippen LogP contribution in [0.4, 0.5) is 0 Å². The van der Waals surface area contributed by atoms with Crippen LogP contribution in [0.1, 0.15) is 83.1 Å². The van der Waals surface area contributed by atoms with Gasteiger partial charge in [0.05, 0.1) is 0 Å². The molecule has 2 heterocycles. The van der Waals surface area contributed by atoms with Crippen molar-refractivity contribution >= 4 is 35.7 Å². The van der Waals surface area contributed by atoms with Gasteiger partial charge in [-0.2, -0.15) is 0 Å². The summed E-state index contributed by atoms with van der Waals surface area (Å²) in [4.78, 5) is 13.2. The second-order valence-corrected chi connectivity index (χ2v) is 18.9. The van der Waals surface area contributed by atoms with Crippen molar-refractivity contribution in [2.75, 3.05) is 0 Å². The molecule has 3 nitrogen and oxygen atoms in total. The van der Waals surface area contributed by atoms with Gasteiger partial charge in [0, 0.05) is 0 Å². The SMILES string of the molecule is CC(C)(C)C1=CC(=CC2=C(O)C(C=C3C=C(C(C)(C)C)[Se]C(C(C)(C)C)=C3)=C(O)C2=O)C=C(C(C)(C)C)[Se]1. The van der Waals surface area contributed by atoms with Crippen LogP contribution in [0.5, 0.6) is 0 Å². The molecule has 0 fully saturated rings. The third kappa shape index (κ3) is 6.86. The van der Waals surface area contributed by atoms with Crippen LogP contribution in [0.3, 0.4) is 0 Å². The van der Waals surface area contributed by atoms with E-state index in [0.29, 0.717) is 0 Å². The zero-order valence-electron chi connectivity index (χ0n) is 25.1. The summed E-state index contributed by atoms with van der Waals surface area (Å²) in [6, 6.07) is 0. The molecular weight excluding hydrogens is 602 g/mol. The maximum absolute atomic E-state index is 13.2. The first-order valence-corrected chi connectivity index (χ1v) is 16.6. The fourth-order valence-electron chi connectivity index (χ4n) is 3.91. The van der Waals surface area contributed by atoms with Crippen LogP contribution in [0.15, 0.2) is 88.2 Å². The van der Waals surface area contributed by atoms with E-state index in [9.17, 15) is 15.0 Å². The molecule has 0 aromatic carbocycles. The molecule has 0 aromatic rings. The zero-order chi connectivity index (χ0) is 29.0. The normalized spacial score (nSPS) is 19.9. The summed E-state index contributed by atoms with van der Waals surface area (Å²) in [6.45, 7) is 26.6. The summed E-state index contributed by atoms with van der Waals surface area (Å²) in [7, 11) is 0. The fraction of sp³-hybridized carbons (Fsp3) is 0.485. The first-order chi connectivity index (χ1) is 17.1. The third-order valence-corrected chi connectivity index (χ3v) is 14.4. The van der Waals surface area contributed by atoms with Crippen LogP contribution in [-0.2, 0) is 4.79 Å². The molecule has 0 saturated carbocycles. The van der Waals surface area contributed by atoms with Gasteiger partial charge in [0.1, 0.15) is 0 Å². The number of hydrogen-bond acceptors (Lipinski definition) is 3. The molecule has 0 aromatic heterocycles. The summed E-state index contributed by atoms with van der Waals surface area (Å²) in [5.74, 6) is -1.09. The van der Waals surface area contributed by atoms with Crippen molar-refractivity contribution < 1.29 is 15.0 Å². The van der Waals surface area contributed by atoms with E-state index in [1.807, 2.05) is 0 Å². The van der Waals surface area contributed by atoms with Gasteiger partial charge >= 0.3 is 244 Å². The van der Waals surface area contributed by atoms with E-state index >= 15 is 0 Å². The number of aliphatic hydroxyl groups excluding tert-OH is 2. The Labute approximate surface area is 242 Å². The predicted molar refractivity (Wildman–Crippen MR) is 162 cm³/mol. The Hall–Kier alpha value is -1.77. The van der Waals surface area contributed by atoms with Gasteiger partial charge < -0.3 is 0 Å². The zero-order valence-corrected chi connectivity index (χ0v) is 28.5. The second kappa shape index (κ2) is 10.3. The molecule has 0 bridgehead atoms. The van der Waals surface area contributed by atoms with E-state index in [-0.39, 0.29) is 68.5 Å². The van der Waals surface area contributed by atoms with Gasteiger partial charge in [0.15, 0.2) is 0 Å². The Morgan fingerprint density at radius 3 is 1.11 bits per heavy atom. The molecule has 206 valence electrons. The first kappa shape index (κ1) is 30.8. The van der Waals surface area contributed by atoms with Gasteiger partial charge in [-0.05, 0) is 0 Å². The maximum atomic E-state index is 13.2. The second-order valence-electron chi connectivity index (χ2n) is 14.4. The van der Waals surface area contributed by atoms with E-state index in [1.54, 1.807) is 12.2 Å². The van der Waals surface area contributed by atoms with Crippen molar-refractivity contribution in [3.05, 3.63) is 88.2 Å². The molecule has 0 spiro atoms. The summed E-state index contributed by atoms with van der Waals surface area (Å²) in [5, 5.41) is 22.1. The molecule has 38 heavy (non-hydrogen) atoms. The molecule has 0 atom stereocenters. The molecule has 2 aliphatic heterocycles. The van der Waals surface area contributed by atoms with Crippen LogP contribution in [0, 0.1) is 21.7 Å². The summed E-state index contributed by atoms with van der Waals surface area (Å²) >= 11 is 0.441. The summed E-state index contributed by atoms with van der Waals surface area (Å²) < 4.78 is 5.39. The number of allylic oxidation sites excluding steroid dienone is 13. The Balaban J connectivity index is 2.14. The van der Waals surface area contributed by atoms with Crippen molar-refractivity contribution in [1.29, 1.82) is 0 Å². The topological polar surface area (TPSA) is 57.5 Å². The predicted octanol–water partition coefficient (Wildman–Crippen LogP) is 8.20. The van der Waals surface area contributed by atoms with Crippen LogP contribution in [-0.4, -0.2) is 45.9 Å². The van der Waals surface area contributed by atoms with Crippen LogP contribution in [0.25, 0.3) is 0 Å². The molecule has 5 heteroatoms. The third-order valence-electron chi connectivity index (χ3n) is 6.43. The monoisotopic (exact) mass is 648 g/mol. The van der Waals surface area contributed by atoms with Crippen molar-refractivity contribution in [1.82, 2.24) is 0 Å². The minimum atomic E-state index is -0.533. The molecule has 0 unspecified atom stereocenters. The van der Waals surface area contributed by atoms with Gasteiger partial charge in [-0.25, -0.2) is 0 Å². The molecule has 0 saturated heterocycles. The van der Waals surface area contributed by atoms with Gasteiger partial charge in [0.25, 0.3) is 0 Å². The fourth-order valence-corrected chi connectivity index (χ4v) is 9.11. The molecule has 1 aliphatic carbocycles. The molecule has 2 N–H and O–H groups in total. The van der Waals surface area contributed by atoms with E-state index in [1.165, 1.54) is 17.9 Å². The number of hydrogen-bond donors (Lipinski definition) is 2. The number of ketones is 1. The first-order valence-electron chi connectivity index (χ1n) is 13.2. The Morgan fingerprint density at radius 1 is 0.526 bits per heavy atom. The van der Waals surface area contributed by atoms with Crippen molar-refractivity contribution in [3.63, 3.8) is 0 Å². The standard InChI is InChI=1S/C33H44O3Se2/c1-30(2,3)23-15-19(16-24(37-23)31(4,5)6)13-21-27(34)22(29(36)28(21)35)14-20-17-25(32(7,8)9)38-26(18-20)33(10,11)12/h13-18,34H,1-12H3,(H,35,36). The Bertz CT molecular complexity index is 1230. The number of aliphatic hydroxyl groups is 2.